The average molecular weight is 285 g/mol. The van der Waals surface area contributed by atoms with Crippen molar-refractivity contribution in [3.63, 3.8) is 0 Å². The molecule has 19 heavy (non-hydrogen) atoms. The van der Waals surface area contributed by atoms with E-state index in [2.05, 4.69) is 37.9 Å². The van der Waals surface area contributed by atoms with E-state index in [1.165, 1.54) is 4.88 Å². The van der Waals surface area contributed by atoms with E-state index >= 15 is 0 Å². The number of thiazole rings is 1. The molecule has 0 aromatic carbocycles. The second-order valence-corrected chi connectivity index (χ2v) is 6.18. The molecule has 1 heterocycles. The maximum atomic E-state index is 5.20. The number of rotatable bonds is 9. The summed E-state index contributed by atoms with van der Waals surface area (Å²) in [5.74, 6) is 0.623. The van der Waals surface area contributed by atoms with Crippen LogP contribution in [0.25, 0.3) is 0 Å². The largest absolute Gasteiger partial charge is 0.383 e. The lowest BCUT2D eigenvalue weighted by Gasteiger charge is -2.23. The number of anilines is 1. The third-order valence-corrected chi connectivity index (χ3v) is 4.06. The molecule has 0 bridgehead atoms. The van der Waals surface area contributed by atoms with Crippen LogP contribution in [0.5, 0.6) is 0 Å². The summed E-state index contributed by atoms with van der Waals surface area (Å²) in [5.41, 5.74) is 1.15. The van der Waals surface area contributed by atoms with Gasteiger partial charge in [-0.2, -0.15) is 0 Å². The first-order chi connectivity index (χ1) is 9.08. The summed E-state index contributed by atoms with van der Waals surface area (Å²) in [6.07, 6.45) is 0. The number of nitrogens with one attached hydrogen (secondary N) is 1. The molecule has 0 saturated heterocycles. The second kappa shape index (κ2) is 8.51. The Balaban J connectivity index is 2.76. The van der Waals surface area contributed by atoms with Gasteiger partial charge in [-0.1, -0.05) is 20.8 Å². The van der Waals surface area contributed by atoms with Gasteiger partial charge < -0.3 is 15.0 Å². The van der Waals surface area contributed by atoms with E-state index in [0.29, 0.717) is 5.92 Å². The van der Waals surface area contributed by atoms with Gasteiger partial charge in [0.15, 0.2) is 5.13 Å². The second-order valence-electron chi connectivity index (χ2n) is 5.12. The SMILES string of the molecule is CCNCc1sc(N(CCOC)CC(C)C)nc1C. The Morgan fingerprint density at radius 2 is 2.16 bits per heavy atom. The van der Waals surface area contributed by atoms with Gasteiger partial charge in [0.05, 0.1) is 12.3 Å². The first-order valence-corrected chi connectivity index (χ1v) is 7.81. The van der Waals surface area contributed by atoms with Crippen LogP contribution in [0.1, 0.15) is 31.3 Å². The summed E-state index contributed by atoms with van der Waals surface area (Å²) >= 11 is 1.80. The lowest BCUT2D eigenvalue weighted by atomic mass is 10.2. The molecule has 1 aromatic heterocycles. The van der Waals surface area contributed by atoms with Crippen LogP contribution in [-0.2, 0) is 11.3 Å². The van der Waals surface area contributed by atoms with Crippen molar-refractivity contribution in [2.75, 3.05) is 38.3 Å². The molecular formula is C14H27N3OS. The van der Waals surface area contributed by atoms with Gasteiger partial charge in [0.1, 0.15) is 0 Å². The van der Waals surface area contributed by atoms with Gasteiger partial charge in [-0.05, 0) is 19.4 Å². The van der Waals surface area contributed by atoms with Crippen LogP contribution in [0.4, 0.5) is 5.13 Å². The smallest absolute Gasteiger partial charge is 0.185 e. The van der Waals surface area contributed by atoms with Crippen LogP contribution in [0.15, 0.2) is 0 Å². The summed E-state index contributed by atoms with van der Waals surface area (Å²) in [5, 5.41) is 4.49. The van der Waals surface area contributed by atoms with Gasteiger partial charge in [-0.15, -0.1) is 11.3 Å². The number of hydrogen-bond acceptors (Lipinski definition) is 5. The Kier molecular flexibility index (Phi) is 7.34. The summed E-state index contributed by atoms with van der Waals surface area (Å²) in [7, 11) is 1.75. The van der Waals surface area contributed by atoms with Gasteiger partial charge in [0, 0.05) is 31.6 Å². The number of nitrogens with zero attached hydrogens (tertiary/aromatic N) is 2. The lowest BCUT2D eigenvalue weighted by Crippen LogP contribution is -2.30. The molecule has 0 amide bonds. The highest BCUT2D eigenvalue weighted by Crippen LogP contribution is 2.26. The van der Waals surface area contributed by atoms with E-state index < -0.39 is 0 Å². The summed E-state index contributed by atoms with van der Waals surface area (Å²) in [6.45, 7) is 13.3. The molecule has 0 spiro atoms. The molecule has 0 aliphatic heterocycles. The van der Waals surface area contributed by atoms with Crippen LogP contribution in [0.2, 0.25) is 0 Å². The quantitative estimate of drug-likeness (QED) is 0.757. The Bertz CT molecular complexity index is 366. The van der Waals surface area contributed by atoms with Crippen LogP contribution in [-0.4, -0.2) is 38.3 Å². The molecule has 0 radical (unpaired) electrons. The number of methoxy groups -OCH3 is 1. The Labute approximate surface area is 121 Å². The number of ether oxygens (including phenoxy) is 1. The monoisotopic (exact) mass is 285 g/mol. The fraction of sp³-hybridized carbons (Fsp3) is 0.786. The zero-order chi connectivity index (χ0) is 14.3. The molecule has 1 N–H and O–H groups in total. The first kappa shape index (κ1) is 16.4. The molecule has 5 heteroatoms. The van der Waals surface area contributed by atoms with Crippen molar-refractivity contribution >= 4 is 16.5 Å². The van der Waals surface area contributed by atoms with E-state index in [-0.39, 0.29) is 0 Å². The van der Waals surface area contributed by atoms with Crippen LogP contribution < -0.4 is 10.2 Å². The molecule has 0 saturated carbocycles. The van der Waals surface area contributed by atoms with Gasteiger partial charge in [-0.3, -0.25) is 0 Å². The minimum atomic E-state index is 0.623. The topological polar surface area (TPSA) is 37.4 Å². The number of aryl methyl sites for hydroxylation is 1. The average Bonchev–Trinajstić information content (AvgIpc) is 2.73. The van der Waals surface area contributed by atoms with Crippen molar-refractivity contribution in [2.45, 2.75) is 34.2 Å². The maximum Gasteiger partial charge on any atom is 0.185 e. The fourth-order valence-corrected chi connectivity index (χ4v) is 2.92. The number of aromatic nitrogens is 1. The first-order valence-electron chi connectivity index (χ1n) is 6.99. The molecule has 0 fully saturated rings. The Morgan fingerprint density at radius 1 is 1.42 bits per heavy atom. The molecule has 0 aliphatic carbocycles. The molecule has 4 nitrogen and oxygen atoms in total. The van der Waals surface area contributed by atoms with Crippen molar-refractivity contribution in [3.8, 4) is 0 Å². The van der Waals surface area contributed by atoms with E-state index in [0.717, 1.165) is 43.6 Å². The predicted octanol–water partition coefficient (Wildman–Crippen LogP) is 2.67. The fourth-order valence-electron chi connectivity index (χ4n) is 1.86. The van der Waals surface area contributed by atoms with Crippen molar-refractivity contribution in [1.29, 1.82) is 0 Å². The van der Waals surface area contributed by atoms with E-state index in [1.807, 2.05) is 0 Å². The third kappa shape index (κ3) is 5.47. The van der Waals surface area contributed by atoms with Gasteiger partial charge in [0.25, 0.3) is 0 Å². The zero-order valence-corrected chi connectivity index (χ0v) is 13.6. The molecule has 0 atom stereocenters. The zero-order valence-electron chi connectivity index (χ0n) is 12.8. The number of hydrogen-bond donors (Lipinski definition) is 1. The molecule has 0 aliphatic rings. The van der Waals surface area contributed by atoms with Crippen LogP contribution >= 0.6 is 11.3 Å². The van der Waals surface area contributed by atoms with Crippen molar-refractivity contribution in [1.82, 2.24) is 10.3 Å². The van der Waals surface area contributed by atoms with Gasteiger partial charge >= 0.3 is 0 Å². The highest BCUT2D eigenvalue weighted by Gasteiger charge is 2.15. The summed E-state index contributed by atoms with van der Waals surface area (Å²) in [6, 6.07) is 0. The normalized spacial score (nSPS) is 11.3. The minimum Gasteiger partial charge on any atom is -0.383 e. The molecular weight excluding hydrogens is 258 g/mol. The molecule has 1 rings (SSSR count). The predicted molar refractivity (Wildman–Crippen MR) is 83.2 cm³/mol. The van der Waals surface area contributed by atoms with Gasteiger partial charge in [-0.25, -0.2) is 4.98 Å². The highest BCUT2D eigenvalue weighted by molar-refractivity contribution is 7.15. The highest BCUT2D eigenvalue weighted by atomic mass is 32.1. The minimum absolute atomic E-state index is 0.623. The van der Waals surface area contributed by atoms with Gasteiger partial charge in [0.2, 0.25) is 0 Å². The van der Waals surface area contributed by atoms with Crippen molar-refractivity contribution in [3.05, 3.63) is 10.6 Å². The molecule has 0 unspecified atom stereocenters. The van der Waals surface area contributed by atoms with E-state index in [4.69, 9.17) is 9.72 Å². The van der Waals surface area contributed by atoms with Crippen LogP contribution in [0, 0.1) is 12.8 Å². The van der Waals surface area contributed by atoms with E-state index in [9.17, 15) is 0 Å². The standard InChI is InChI=1S/C14H27N3OS/c1-6-15-9-13-12(4)16-14(19-13)17(7-8-18-5)10-11(2)3/h11,15H,6-10H2,1-5H3. The Morgan fingerprint density at radius 3 is 2.74 bits per heavy atom. The van der Waals surface area contributed by atoms with E-state index in [1.54, 1.807) is 18.4 Å². The third-order valence-electron chi connectivity index (χ3n) is 2.84. The van der Waals surface area contributed by atoms with Crippen LogP contribution in [0.3, 0.4) is 0 Å². The lowest BCUT2D eigenvalue weighted by molar-refractivity contribution is 0.204. The summed E-state index contributed by atoms with van der Waals surface area (Å²) in [4.78, 5) is 8.39. The maximum absolute atomic E-state index is 5.20. The molecule has 1 aromatic rings. The van der Waals surface area contributed by atoms with Crippen molar-refractivity contribution in [2.24, 2.45) is 5.92 Å². The van der Waals surface area contributed by atoms with Crippen molar-refractivity contribution < 1.29 is 4.74 Å². The Hall–Kier alpha value is -0.650. The molecule has 110 valence electrons. The summed E-state index contributed by atoms with van der Waals surface area (Å²) < 4.78 is 5.20.